The largest absolute Gasteiger partial charge is 0.508 e. The second-order valence-electron chi connectivity index (χ2n) is 8.16. The van der Waals surface area contributed by atoms with Crippen LogP contribution in [-0.2, 0) is 9.72 Å². The molecule has 0 fully saturated rings. The number of para-hydroxylation sites is 1. The second-order valence-corrected chi connectivity index (χ2v) is 10.8. The van der Waals surface area contributed by atoms with Crippen LogP contribution in [0.5, 0.6) is 23.0 Å². The fraction of sp³-hybridized carbons (Fsp3) is 0.111. The van der Waals surface area contributed by atoms with Crippen LogP contribution >= 0.6 is 7.37 Å². The van der Waals surface area contributed by atoms with E-state index >= 15 is 4.57 Å². The van der Waals surface area contributed by atoms with Gasteiger partial charge in [-0.15, -0.1) is 0 Å². The number of phenols is 2. The van der Waals surface area contributed by atoms with Gasteiger partial charge in [0.2, 0.25) is 0 Å². The molecular formula is C27H23O5P. The summed E-state index contributed by atoms with van der Waals surface area (Å²) in [4.78, 5) is 0. The number of rotatable bonds is 4. The standard InChI is InChI=1S/C27H23O5P/c1-27(18-11-14-20(28)15-12-18,19-13-16-23(29)25(17-19)31-2)33(30)26-10-6-4-8-22(26)21-7-3-5-9-24(21)32-33/h3-17,28-29H,1-2H3. The predicted octanol–water partition coefficient (Wildman–Crippen LogP) is 6.03. The Hall–Kier alpha value is -3.69. The highest BCUT2D eigenvalue weighted by Crippen LogP contribution is 2.69. The highest BCUT2D eigenvalue weighted by molar-refractivity contribution is 7.69. The van der Waals surface area contributed by atoms with Crippen molar-refractivity contribution in [2.24, 2.45) is 0 Å². The molecule has 0 amide bonds. The predicted molar refractivity (Wildman–Crippen MR) is 129 cm³/mol. The normalized spacial score (nSPS) is 18.4. The Labute approximate surface area is 192 Å². The molecule has 0 saturated carbocycles. The maximum Gasteiger partial charge on any atom is 0.292 e. The van der Waals surface area contributed by atoms with Crippen LogP contribution in [0.15, 0.2) is 91.0 Å². The summed E-state index contributed by atoms with van der Waals surface area (Å²) < 4.78 is 27.0. The van der Waals surface area contributed by atoms with Crippen LogP contribution in [0.4, 0.5) is 0 Å². The molecule has 1 aliphatic rings. The first-order chi connectivity index (χ1) is 15.9. The van der Waals surface area contributed by atoms with Gasteiger partial charge in [0.05, 0.1) is 12.4 Å². The van der Waals surface area contributed by atoms with Gasteiger partial charge in [-0.05, 0) is 60.0 Å². The molecule has 2 unspecified atom stereocenters. The molecule has 6 heteroatoms. The number of aromatic hydroxyl groups is 2. The minimum absolute atomic E-state index is 0.0112. The Bertz CT molecular complexity index is 1400. The topological polar surface area (TPSA) is 76.0 Å². The van der Waals surface area contributed by atoms with Crippen molar-refractivity contribution in [1.82, 2.24) is 0 Å². The summed E-state index contributed by atoms with van der Waals surface area (Å²) >= 11 is 0. The van der Waals surface area contributed by atoms with Crippen LogP contribution in [0.25, 0.3) is 11.1 Å². The number of methoxy groups -OCH3 is 1. The molecule has 5 rings (SSSR count). The van der Waals surface area contributed by atoms with Gasteiger partial charge in [0.1, 0.15) is 16.7 Å². The Balaban J connectivity index is 1.85. The summed E-state index contributed by atoms with van der Waals surface area (Å²) in [6.45, 7) is 1.87. The van der Waals surface area contributed by atoms with Gasteiger partial charge < -0.3 is 19.5 Å². The maximum atomic E-state index is 15.2. The van der Waals surface area contributed by atoms with Gasteiger partial charge >= 0.3 is 0 Å². The zero-order valence-electron chi connectivity index (χ0n) is 18.2. The van der Waals surface area contributed by atoms with Gasteiger partial charge in [0.25, 0.3) is 7.37 Å². The van der Waals surface area contributed by atoms with E-state index in [0.717, 1.165) is 11.1 Å². The van der Waals surface area contributed by atoms with E-state index in [9.17, 15) is 10.2 Å². The highest BCUT2D eigenvalue weighted by atomic mass is 31.2. The van der Waals surface area contributed by atoms with Crippen molar-refractivity contribution in [3.8, 4) is 34.1 Å². The molecule has 0 aliphatic carbocycles. The number of hydrogen-bond acceptors (Lipinski definition) is 5. The maximum absolute atomic E-state index is 15.2. The van der Waals surface area contributed by atoms with Gasteiger partial charge in [0, 0.05) is 5.56 Å². The van der Waals surface area contributed by atoms with Crippen LogP contribution in [0.3, 0.4) is 0 Å². The number of fused-ring (bicyclic) bond motifs is 3. The van der Waals surface area contributed by atoms with E-state index in [1.807, 2.05) is 55.5 Å². The minimum Gasteiger partial charge on any atom is -0.508 e. The van der Waals surface area contributed by atoms with Crippen molar-refractivity contribution < 1.29 is 24.0 Å². The van der Waals surface area contributed by atoms with E-state index in [4.69, 9.17) is 9.26 Å². The monoisotopic (exact) mass is 458 g/mol. The first-order valence-corrected chi connectivity index (χ1v) is 12.2. The molecule has 1 aliphatic heterocycles. The lowest BCUT2D eigenvalue weighted by molar-refractivity contribution is 0.372. The third-order valence-corrected chi connectivity index (χ3v) is 9.56. The first kappa shape index (κ1) is 21.2. The quantitative estimate of drug-likeness (QED) is 0.365. The Morgan fingerprint density at radius 3 is 2.18 bits per heavy atom. The zero-order chi connectivity index (χ0) is 23.2. The van der Waals surface area contributed by atoms with Crippen molar-refractivity contribution in [2.75, 3.05) is 7.11 Å². The van der Waals surface area contributed by atoms with Crippen molar-refractivity contribution >= 4 is 12.7 Å². The van der Waals surface area contributed by atoms with E-state index in [2.05, 4.69) is 0 Å². The molecule has 0 radical (unpaired) electrons. The average Bonchev–Trinajstić information content (AvgIpc) is 2.84. The van der Waals surface area contributed by atoms with E-state index < -0.39 is 12.5 Å². The van der Waals surface area contributed by atoms with Gasteiger partial charge in [0.15, 0.2) is 11.5 Å². The third-order valence-electron chi connectivity index (χ3n) is 6.39. The highest BCUT2D eigenvalue weighted by Gasteiger charge is 2.53. The summed E-state index contributed by atoms with van der Waals surface area (Å²) in [5, 5.41) is 19.6. The lowest BCUT2D eigenvalue weighted by Crippen LogP contribution is -2.34. The van der Waals surface area contributed by atoms with E-state index in [1.165, 1.54) is 13.2 Å². The first-order valence-electron chi connectivity index (χ1n) is 10.5. The van der Waals surface area contributed by atoms with Crippen molar-refractivity contribution in [3.05, 3.63) is 102 Å². The Morgan fingerprint density at radius 1 is 0.818 bits per heavy atom. The molecule has 166 valence electrons. The molecule has 4 aromatic rings. The van der Waals surface area contributed by atoms with Gasteiger partial charge in [-0.25, -0.2) is 0 Å². The number of phenolic OH excluding ortho intramolecular Hbond substituents is 2. The van der Waals surface area contributed by atoms with Crippen molar-refractivity contribution in [3.63, 3.8) is 0 Å². The summed E-state index contributed by atoms with van der Waals surface area (Å²) in [6.07, 6.45) is 0. The summed E-state index contributed by atoms with van der Waals surface area (Å²) in [7, 11) is -2.21. The minimum atomic E-state index is -3.68. The van der Waals surface area contributed by atoms with Crippen LogP contribution in [0.2, 0.25) is 0 Å². The summed E-state index contributed by atoms with van der Waals surface area (Å²) in [6, 6.07) is 26.8. The number of ether oxygens (including phenoxy) is 1. The smallest absolute Gasteiger partial charge is 0.292 e. The van der Waals surface area contributed by atoms with Gasteiger partial charge in [-0.2, -0.15) is 0 Å². The van der Waals surface area contributed by atoms with Gasteiger partial charge in [-0.3, -0.25) is 4.57 Å². The van der Waals surface area contributed by atoms with Crippen molar-refractivity contribution in [2.45, 2.75) is 12.1 Å². The summed E-state index contributed by atoms with van der Waals surface area (Å²) in [5.41, 5.74) is 3.10. The van der Waals surface area contributed by atoms with Crippen LogP contribution in [0, 0.1) is 0 Å². The van der Waals surface area contributed by atoms with Crippen LogP contribution < -0.4 is 14.6 Å². The lowest BCUT2D eigenvalue weighted by atomic mass is 9.91. The molecule has 0 aromatic heterocycles. The molecule has 4 aromatic carbocycles. The molecule has 2 atom stereocenters. The molecule has 5 nitrogen and oxygen atoms in total. The number of hydrogen-bond donors (Lipinski definition) is 2. The second kappa shape index (κ2) is 7.72. The molecule has 0 spiro atoms. The number of benzene rings is 4. The third kappa shape index (κ3) is 3.12. The van der Waals surface area contributed by atoms with Crippen LogP contribution in [0.1, 0.15) is 18.1 Å². The Morgan fingerprint density at radius 2 is 1.45 bits per heavy atom. The molecule has 33 heavy (non-hydrogen) atoms. The van der Waals surface area contributed by atoms with Crippen molar-refractivity contribution in [1.29, 1.82) is 0 Å². The molecular weight excluding hydrogens is 435 g/mol. The molecule has 2 N–H and O–H groups in total. The zero-order valence-corrected chi connectivity index (χ0v) is 19.1. The van der Waals surface area contributed by atoms with E-state index in [1.54, 1.807) is 36.4 Å². The molecule has 1 heterocycles. The summed E-state index contributed by atoms with van der Waals surface area (Å²) in [5.74, 6) is 0.922. The average molecular weight is 458 g/mol. The van der Waals surface area contributed by atoms with Crippen LogP contribution in [-0.4, -0.2) is 17.3 Å². The molecule has 0 saturated heterocycles. The van der Waals surface area contributed by atoms with E-state index in [-0.39, 0.29) is 17.2 Å². The lowest BCUT2D eigenvalue weighted by Gasteiger charge is -2.41. The Kier molecular flexibility index (Phi) is 4.95. The molecule has 0 bridgehead atoms. The van der Waals surface area contributed by atoms with Gasteiger partial charge in [-0.1, -0.05) is 54.6 Å². The fourth-order valence-electron chi connectivity index (χ4n) is 4.52. The van der Waals surface area contributed by atoms with E-state index in [0.29, 0.717) is 22.2 Å². The fourth-order valence-corrected chi connectivity index (χ4v) is 7.48. The SMILES string of the molecule is COc1cc(C(C)(c2ccc(O)cc2)P2(=O)Oc3ccccc3-c3ccccc32)ccc1O.